The van der Waals surface area contributed by atoms with E-state index in [9.17, 15) is 4.79 Å². The Morgan fingerprint density at radius 2 is 2.53 bits per heavy atom. The number of carbonyl (C=O) groups is 1. The van der Waals surface area contributed by atoms with Crippen LogP contribution in [0.2, 0.25) is 5.15 Å². The van der Waals surface area contributed by atoms with Crippen molar-refractivity contribution in [3.63, 3.8) is 0 Å². The Morgan fingerprint density at radius 1 is 1.73 bits per heavy atom. The van der Waals surface area contributed by atoms with Crippen LogP contribution in [0.5, 0.6) is 0 Å². The zero-order valence-corrected chi connectivity index (χ0v) is 8.54. The van der Waals surface area contributed by atoms with Gasteiger partial charge < -0.3 is 5.32 Å². The van der Waals surface area contributed by atoms with E-state index in [-0.39, 0.29) is 28.0 Å². The highest BCUT2D eigenvalue weighted by Crippen LogP contribution is 2.18. The number of aromatic nitrogens is 3. The average molecular weight is 228 g/mol. The van der Waals surface area contributed by atoms with Crippen molar-refractivity contribution in [3.8, 4) is 0 Å². The van der Waals surface area contributed by atoms with E-state index in [1.165, 1.54) is 23.7 Å². The molecule has 0 aliphatic rings. The summed E-state index contributed by atoms with van der Waals surface area (Å²) in [7, 11) is 0. The maximum Gasteiger partial charge on any atom is 0.169 e. The number of rotatable bonds is 2. The first-order valence-corrected chi connectivity index (χ1v) is 4.49. The SMILES string of the molecule is [2H]C([2H])([2H])Nc1cc(Cl)nc2c(C(C)=O)cnn12. The summed E-state index contributed by atoms with van der Waals surface area (Å²) in [6, 6.07) is 1.33. The Morgan fingerprint density at radius 3 is 3.20 bits per heavy atom. The third-order valence-electron chi connectivity index (χ3n) is 1.95. The lowest BCUT2D eigenvalue weighted by molar-refractivity contribution is 0.101. The van der Waals surface area contributed by atoms with Crippen molar-refractivity contribution in [2.75, 3.05) is 12.3 Å². The molecule has 0 spiro atoms. The summed E-state index contributed by atoms with van der Waals surface area (Å²) in [6.45, 7) is -1.02. The van der Waals surface area contributed by atoms with Crippen molar-refractivity contribution in [3.05, 3.63) is 23.0 Å². The summed E-state index contributed by atoms with van der Waals surface area (Å²) in [6.07, 6.45) is 1.33. The molecule has 0 radical (unpaired) electrons. The molecule has 0 aliphatic heterocycles. The standard InChI is InChI=1S/C9H9ClN4O/c1-5(15)6-4-12-14-8(11-2)3-7(10)13-9(6)14/h3-4,11H,1-2H3/i2D3. The second-order valence-corrected chi connectivity index (χ2v) is 3.33. The molecule has 2 aromatic rings. The van der Waals surface area contributed by atoms with Crippen LogP contribution in [0.4, 0.5) is 5.82 Å². The van der Waals surface area contributed by atoms with Crippen LogP contribution < -0.4 is 5.32 Å². The number of fused-ring (bicyclic) bond motifs is 1. The fraction of sp³-hybridized carbons (Fsp3) is 0.222. The molecule has 0 fully saturated rings. The van der Waals surface area contributed by atoms with E-state index in [1.54, 1.807) is 0 Å². The largest absolute Gasteiger partial charge is 0.373 e. The zero-order chi connectivity index (χ0) is 13.5. The van der Waals surface area contributed by atoms with Gasteiger partial charge in [-0.25, -0.2) is 4.98 Å². The van der Waals surface area contributed by atoms with E-state index in [1.807, 2.05) is 0 Å². The Hall–Kier alpha value is -1.62. The van der Waals surface area contributed by atoms with Gasteiger partial charge in [0, 0.05) is 17.2 Å². The fourth-order valence-electron chi connectivity index (χ4n) is 1.27. The molecule has 0 unspecified atom stereocenters. The van der Waals surface area contributed by atoms with Gasteiger partial charge in [-0.2, -0.15) is 9.61 Å². The highest BCUT2D eigenvalue weighted by Gasteiger charge is 2.12. The average Bonchev–Trinajstić information content (AvgIpc) is 2.58. The molecule has 78 valence electrons. The van der Waals surface area contributed by atoms with Crippen LogP contribution in [0, 0.1) is 0 Å². The highest BCUT2D eigenvalue weighted by atomic mass is 35.5. The highest BCUT2D eigenvalue weighted by molar-refractivity contribution is 6.29. The summed E-state index contributed by atoms with van der Waals surface area (Å²) in [5.41, 5.74) is 0.507. The van der Waals surface area contributed by atoms with Crippen molar-refractivity contribution in [1.82, 2.24) is 14.6 Å². The lowest BCUT2D eigenvalue weighted by Crippen LogP contribution is -2.02. The molecular weight excluding hydrogens is 216 g/mol. The number of hydrogen-bond acceptors (Lipinski definition) is 4. The number of ketones is 1. The number of halogens is 1. The molecule has 0 atom stereocenters. The molecule has 0 bridgehead atoms. The molecule has 0 aliphatic carbocycles. The molecule has 2 rings (SSSR count). The quantitative estimate of drug-likeness (QED) is 0.626. The van der Waals surface area contributed by atoms with Crippen molar-refractivity contribution in [1.29, 1.82) is 0 Å². The number of nitrogens with zero attached hydrogens (tertiary/aromatic N) is 3. The summed E-state index contributed by atoms with van der Waals surface area (Å²) in [5, 5.41) is 6.29. The molecule has 0 saturated carbocycles. The third-order valence-corrected chi connectivity index (χ3v) is 2.14. The van der Waals surface area contributed by atoms with Gasteiger partial charge in [0.2, 0.25) is 0 Å². The van der Waals surface area contributed by atoms with Gasteiger partial charge in [0.25, 0.3) is 0 Å². The normalized spacial score (nSPS) is 14.4. The van der Waals surface area contributed by atoms with Crippen LogP contribution in [0.3, 0.4) is 0 Å². The molecule has 2 aromatic heterocycles. The summed E-state index contributed by atoms with van der Waals surface area (Å²) < 4.78 is 22.7. The maximum atomic E-state index is 11.4. The number of carbonyl (C=O) groups excluding carboxylic acids is 1. The number of hydrogen-bond donors (Lipinski definition) is 1. The molecule has 0 aromatic carbocycles. The van der Waals surface area contributed by atoms with Crippen molar-refractivity contribution >= 4 is 28.8 Å². The summed E-state index contributed by atoms with van der Waals surface area (Å²) in [5.74, 6) is -0.0721. The third kappa shape index (κ3) is 1.55. The van der Waals surface area contributed by atoms with Gasteiger partial charge in [-0.3, -0.25) is 4.79 Å². The minimum absolute atomic E-state index is 0.0808. The summed E-state index contributed by atoms with van der Waals surface area (Å²) >= 11 is 5.80. The molecule has 5 nitrogen and oxygen atoms in total. The van der Waals surface area contributed by atoms with Crippen LogP contribution >= 0.6 is 11.6 Å². The van der Waals surface area contributed by atoms with Gasteiger partial charge in [-0.15, -0.1) is 0 Å². The Balaban J connectivity index is 2.64. The van der Waals surface area contributed by atoms with Crippen molar-refractivity contribution < 1.29 is 8.91 Å². The monoisotopic (exact) mass is 227 g/mol. The first kappa shape index (κ1) is 6.79. The molecule has 0 amide bonds. The van der Waals surface area contributed by atoms with E-state index in [4.69, 9.17) is 15.7 Å². The number of nitrogens with one attached hydrogen (secondary N) is 1. The minimum atomic E-state index is -2.39. The van der Waals surface area contributed by atoms with E-state index >= 15 is 0 Å². The molecule has 6 heteroatoms. The smallest absolute Gasteiger partial charge is 0.169 e. The fourth-order valence-corrected chi connectivity index (χ4v) is 1.45. The molecule has 2 heterocycles. The van der Waals surface area contributed by atoms with Crippen LogP contribution in [0.15, 0.2) is 12.3 Å². The van der Waals surface area contributed by atoms with E-state index < -0.39 is 6.98 Å². The molecule has 1 N–H and O–H groups in total. The van der Waals surface area contributed by atoms with Gasteiger partial charge in [0.15, 0.2) is 11.4 Å². The van der Waals surface area contributed by atoms with Crippen LogP contribution in [0.25, 0.3) is 5.65 Å². The first-order chi connectivity index (χ1) is 8.28. The molecule has 15 heavy (non-hydrogen) atoms. The second-order valence-electron chi connectivity index (χ2n) is 2.94. The zero-order valence-electron chi connectivity index (χ0n) is 10.8. The molecule has 0 saturated heterocycles. The predicted molar refractivity (Wildman–Crippen MR) is 57.5 cm³/mol. The lowest BCUT2D eigenvalue weighted by Gasteiger charge is -2.03. The molecular formula is C9H9ClN4O. The van der Waals surface area contributed by atoms with Gasteiger partial charge in [0.05, 0.1) is 11.8 Å². The van der Waals surface area contributed by atoms with E-state index in [0.29, 0.717) is 0 Å². The van der Waals surface area contributed by atoms with E-state index in [0.717, 1.165) is 0 Å². The van der Waals surface area contributed by atoms with E-state index in [2.05, 4.69) is 15.4 Å². The topological polar surface area (TPSA) is 59.3 Å². The Labute approximate surface area is 95.3 Å². The Kier molecular flexibility index (Phi) is 1.59. The van der Waals surface area contributed by atoms with Crippen LogP contribution in [-0.2, 0) is 0 Å². The lowest BCUT2D eigenvalue weighted by atomic mass is 10.2. The van der Waals surface area contributed by atoms with Gasteiger partial charge >= 0.3 is 0 Å². The number of anilines is 1. The van der Waals surface area contributed by atoms with Gasteiger partial charge in [-0.05, 0) is 6.92 Å². The number of Topliss-reactive ketones (excluding diaryl/α,β-unsaturated/α-hetero) is 1. The van der Waals surface area contributed by atoms with Crippen LogP contribution in [0.1, 0.15) is 21.4 Å². The first-order valence-electron chi connectivity index (χ1n) is 5.61. The maximum absolute atomic E-state index is 11.4. The minimum Gasteiger partial charge on any atom is -0.373 e. The second kappa shape index (κ2) is 3.51. The predicted octanol–water partition coefficient (Wildman–Crippen LogP) is 1.63. The van der Waals surface area contributed by atoms with Gasteiger partial charge in [-0.1, -0.05) is 11.6 Å². The van der Waals surface area contributed by atoms with Crippen LogP contribution in [-0.4, -0.2) is 27.4 Å². The Bertz CT molecular complexity index is 622. The van der Waals surface area contributed by atoms with Crippen molar-refractivity contribution in [2.45, 2.75) is 6.92 Å². The van der Waals surface area contributed by atoms with Gasteiger partial charge in [0.1, 0.15) is 11.0 Å². The summed E-state index contributed by atoms with van der Waals surface area (Å²) in [4.78, 5) is 15.3. The van der Waals surface area contributed by atoms with Crippen molar-refractivity contribution in [2.24, 2.45) is 0 Å².